The number of carbonyl (C=O) groups is 1. The second kappa shape index (κ2) is 5.72. The summed E-state index contributed by atoms with van der Waals surface area (Å²) in [5.74, 6) is -0.256. The number of hydrogen-bond donors (Lipinski definition) is 2. The van der Waals surface area contributed by atoms with E-state index in [1.165, 1.54) is 6.33 Å². The number of fused-ring (bicyclic) bond motifs is 1. The molecule has 2 N–H and O–H groups in total. The van der Waals surface area contributed by atoms with E-state index >= 15 is 0 Å². The topological polar surface area (TPSA) is 79.5 Å². The third-order valence-electron chi connectivity index (χ3n) is 3.24. The van der Waals surface area contributed by atoms with E-state index in [9.17, 15) is 9.90 Å². The van der Waals surface area contributed by atoms with Crippen molar-refractivity contribution in [2.45, 2.75) is 6.04 Å². The first kappa shape index (κ1) is 13.3. The van der Waals surface area contributed by atoms with E-state index in [1.807, 2.05) is 30.3 Å². The smallest absolute Gasteiger partial charge is 0.253 e. The number of aliphatic hydroxyl groups is 1. The van der Waals surface area contributed by atoms with E-state index in [2.05, 4.69) is 15.5 Å². The maximum atomic E-state index is 12.3. The predicted molar refractivity (Wildman–Crippen MR) is 76.7 cm³/mol. The summed E-state index contributed by atoms with van der Waals surface area (Å²) in [4.78, 5) is 12.3. The fourth-order valence-corrected chi connectivity index (χ4v) is 2.12. The number of benzene rings is 1. The Morgan fingerprint density at radius 1 is 1.24 bits per heavy atom. The Bertz CT molecular complexity index is 754. The first-order valence-electron chi connectivity index (χ1n) is 6.54. The molecule has 0 aliphatic heterocycles. The lowest BCUT2D eigenvalue weighted by molar-refractivity contribution is 0.0915. The lowest BCUT2D eigenvalue weighted by Gasteiger charge is -2.16. The summed E-state index contributed by atoms with van der Waals surface area (Å²) in [6.07, 6.45) is 3.19. The van der Waals surface area contributed by atoms with E-state index in [-0.39, 0.29) is 12.5 Å². The van der Waals surface area contributed by atoms with Crippen LogP contribution in [0.3, 0.4) is 0 Å². The number of carbonyl (C=O) groups excluding carboxylic acids is 1. The molecule has 0 radical (unpaired) electrons. The standard InChI is InChI=1S/C15H14N4O2/c20-9-13(11-4-2-1-3-5-11)17-15(21)12-6-7-14-18-16-10-19(14)8-12/h1-8,10,13,20H,9H2,(H,17,21). The van der Waals surface area contributed by atoms with Crippen LogP contribution in [0.25, 0.3) is 5.65 Å². The highest BCUT2D eigenvalue weighted by Crippen LogP contribution is 2.13. The third kappa shape index (κ3) is 2.75. The molecule has 0 saturated heterocycles. The molecule has 0 aliphatic rings. The minimum absolute atomic E-state index is 0.162. The third-order valence-corrected chi connectivity index (χ3v) is 3.24. The Morgan fingerprint density at radius 2 is 2.05 bits per heavy atom. The summed E-state index contributed by atoms with van der Waals surface area (Å²) in [7, 11) is 0. The van der Waals surface area contributed by atoms with Crippen LogP contribution in [0.1, 0.15) is 22.0 Å². The average Bonchev–Trinajstić information content (AvgIpc) is 3.00. The minimum Gasteiger partial charge on any atom is -0.394 e. The molecule has 3 rings (SSSR count). The largest absolute Gasteiger partial charge is 0.394 e. The van der Waals surface area contributed by atoms with Crippen LogP contribution >= 0.6 is 0 Å². The van der Waals surface area contributed by atoms with Crippen molar-refractivity contribution < 1.29 is 9.90 Å². The predicted octanol–water partition coefficient (Wildman–Crippen LogP) is 1.19. The van der Waals surface area contributed by atoms with Crippen LogP contribution < -0.4 is 5.32 Å². The van der Waals surface area contributed by atoms with Crippen LogP contribution in [0.5, 0.6) is 0 Å². The molecule has 6 nitrogen and oxygen atoms in total. The number of aromatic nitrogens is 3. The molecule has 1 amide bonds. The van der Waals surface area contributed by atoms with E-state index in [1.54, 1.807) is 22.7 Å². The molecular weight excluding hydrogens is 268 g/mol. The van der Waals surface area contributed by atoms with Gasteiger partial charge < -0.3 is 10.4 Å². The molecule has 1 aromatic carbocycles. The second-order valence-corrected chi connectivity index (χ2v) is 4.63. The van der Waals surface area contributed by atoms with Crippen molar-refractivity contribution in [3.8, 4) is 0 Å². The number of aliphatic hydroxyl groups excluding tert-OH is 1. The Kier molecular flexibility index (Phi) is 3.61. The Hall–Kier alpha value is -2.73. The molecule has 2 heterocycles. The normalized spacial score (nSPS) is 12.2. The molecule has 0 saturated carbocycles. The molecule has 0 aliphatic carbocycles. The molecular formula is C15H14N4O2. The van der Waals surface area contributed by atoms with Crippen molar-refractivity contribution in [3.05, 3.63) is 66.1 Å². The van der Waals surface area contributed by atoms with Crippen molar-refractivity contribution in [2.75, 3.05) is 6.61 Å². The highest BCUT2D eigenvalue weighted by atomic mass is 16.3. The van der Waals surface area contributed by atoms with Gasteiger partial charge in [-0.05, 0) is 17.7 Å². The summed E-state index contributed by atoms with van der Waals surface area (Å²) in [6.45, 7) is -0.162. The van der Waals surface area contributed by atoms with Crippen molar-refractivity contribution in [1.29, 1.82) is 0 Å². The average molecular weight is 282 g/mol. The number of amides is 1. The highest BCUT2D eigenvalue weighted by molar-refractivity contribution is 5.94. The number of hydrogen-bond acceptors (Lipinski definition) is 4. The van der Waals surface area contributed by atoms with Crippen molar-refractivity contribution in [1.82, 2.24) is 19.9 Å². The summed E-state index contributed by atoms with van der Waals surface area (Å²) >= 11 is 0. The van der Waals surface area contributed by atoms with Gasteiger partial charge in [0.15, 0.2) is 5.65 Å². The Morgan fingerprint density at radius 3 is 2.81 bits per heavy atom. The van der Waals surface area contributed by atoms with Gasteiger partial charge >= 0.3 is 0 Å². The summed E-state index contributed by atoms with van der Waals surface area (Å²) < 4.78 is 1.67. The van der Waals surface area contributed by atoms with Crippen LogP contribution in [0.2, 0.25) is 0 Å². The van der Waals surface area contributed by atoms with Gasteiger partial charge in [-0.3, -0.25) is 9.20 Å². The second-order valence-electron chi connectivity index (χ2n) is 4.63. The SMILES string of the molecule is O=C(NC(CO)c1ccccc1)c1ccc2nncn2c1. The lowest BCUT2D eigenvalue weighted by atomic mass is 10.1. The van der Waals surface area contributed by atoms with Gasteiger partial charge in [0.05, 0.1) is 18.2 Å². The molecule has 106 valence electrons. The summed E-state index contributed by atoms with van der Waals surface area (Å²) in [6, 6.07) is 12.3. The maximum absolute atomic E-state index is 12.3. The fourth-order valence-electron chi connectivity index (χ4n) is 2.12. The van der Waals surface area contributed by atoms with Crippen LogP contribution in [-0.4, -0.2) is 32.2 Å². The zero-order valence-corrected chi connectivity index (χ0v) is 11.2. The van der Waals surface area contributed by atoms with Gasteiger partial charge in [-0.15, -0.1) is 10.2 Å². The van der Waals surface area contributed by atoms with Gasteiger partial charge in [0, 0.05) is 6.20 Å². The van der Waals surface area contributed by atoms with Crippen molar-refractivity contribution in [3.63, 3.8) is 0 Å². The van der Waals surface area contributed by atoms with Gasteiger partial charge in [-0.1, -0.05) is 30.3 Å². The summed E-state index contributed by atoms with van der Waals surface area (Å²) in [5, 5.41) is 19.9. The van der Waals surface area contributed by atoms with E-state index < -0.39 is 6.04 Å². The molecule has 3 aromatic rings. The first-order chi connectivity index (χ1) is 10.3. The van der Waals surface area contributed by atoms with E-state index in [0.717, 1.165) is 5.56 Å². The van der Waals surface area contributed by atoms with Crippen molar-refractivity contribution >= 4 is 11.6 Å². The van der Waals surface area contributed by atoms with Gasteiger partial charge in [-0.2, -0.15) is 0 Å². The van der Waals surface area contributed by atoms with E-state index in [0.29, 0.717) is 11.2 Å². The highest BCUT2D eigenvalue weighted by Gasteiger charge is 2.15. The molecule has 6 heteroatoms. The molecule has 21 heavy (non-hydrogen) atoms. The molecule has 1 atom stereocenters. The fraction of sp³-hybridized carbons (Fsp3) is 0.133. The van der Waals surface area contributed by atoms with Crippen LogP contribution in [0, 0.1) is 0 Å². The molecule has 2 aromatic heterocycles. The van der Waals surface area contributed by atoms with Gasteiger partial charge in [-0.25, -0.2) is 0 Å². The van der Waals surface area contributed by atoms with Gasteiger partial charge in [0.25, 0.3) is 5.91 Å². The summed E-state index contributed by atoms with van der Waals surface area (Å²) in [5.41, 5.74) is 2.02. The number of rotatable bonds is 4. The van der Waals surface area contributed by atoms with Crippen LogP contribution in [0.15, 0.2) is 55.0 Å². The van der Waals surface area contributed by atoms with E-state index in [4.69, 9.17) is 0 Å². The van der Waals surface area contributed by atoms with Crippen LogP contribution in [-0.2, 0) is 0 Å². The Balaban J connectivity index is 1.81. The number of pyridine rings is 1. The Labute approximate surface area is 121 Å². The quantitative estimate of drug-likeness (QED) is 0.753. The number of nitrogens with zero attached hydrogens (tertiary/aromatic N) is 3. The minimum atomic E-state index is -0.435. The molecule has 0 spiro atoms. The molecule has 0 bridgehead atoms. The zero-order valence-electron chi connectivity index (χ0n) is 11.2. The van der Waals surface area contributed by atoms with Crippen LogP contribution in [0.4, 0.5) is 0 Å². The molecule has 1 unspecified atom stereocenters. The lowest BCUT2D eigenvalue weighted by Crippen LogP contribution is -2.30. The first-order valence-corrected chi connectivity index (χ1v) is 6.54. The van der Waals surface area contributed by atoms with Gasteiger partial charge in [0.1, 0.15) is 6.33 Å². The monoisotopic (exact) mass is 282 g/mol. The number of nitrogens with one attached hydrogen (secondary N) is 1. The zero-order chi connectivity index (χ0) is 14.7. The van der Waals surface area contributed by atoms with Crippen molar-refractivity contribution in [2.24, 2.45) is 0 Å². The maximum Gasteiger partial charge on any atom is 0.253 e. The molecule has 0 fully saturated rings. The van der Waals surface area contributed by atoms with Gasteiger partial charge in [0.2, 0.25) is 0 Å².